The Bertz CT molecular complexity index is 243. The minimum absolute atomic E-state index is 0.174. The van der Waals surface area contributed by atoms with Crippen LogP contribution in [-0.2, 0) is 9.53 Å². The first-order valence-corrected chi connectivity index (χ1v) is 7.52. The Kier molecular flexibility index (Phi) is 8.79. The first-order chi connectivity index (χ1) is 9.24. The molecule has 0 spiro atoms. The standard InChI is InChI=1S/C14H29N3O2/c1-13(17-8-10-19-11-9-17)12-16-14(18)6-4-2-3-5-7-15/h13H,2-12,15H2,1H3,(H,16,18). The molecule has 5 nitrogen and oxygen atoms in total. The van der Waals surface area contributed by atoms with Gasteiger partial charge in [-0.15, -0.1) is 0 Å². The Balaban J connectivity index is 2.02. The number of carbonyl (C=O) groups excluding carboxylic acids is 1. The Labute approximate surface area is 116 Å². The molecular formula is C14H29N3O2. The zero-order valence-electron chi connectivity index (χ0n) is 12.2. The van der Waals surface area contributed by atoms with E-state index < -0.39 is 0 Å². The molecule has 1 aliphatic heterocycles. The second-order valence-corrected chi connectivity index (χ2v) is 5.25. The van der Waals surface area contributed by atoms with Crippen LogP contribution in [0.5, 0.6) is 0 Å². The third-order valence-electron chi connectivity index (χ3n) is 3.62. The van der Waals surface area contributed by atoms with Crippen LogP contribution in [0.1, 0.15) is 39.0 Å². The fourth-order valence-electron chi connectivity index (χ4n) is 2.28. The van der Waals surface area contributed by atoms with Crippen LogP contribution >= 0.6 is 0 Å². The average Bonchev–Trinajstić information content (AvgIpc) is 2.45. The van der Waals surface area contributed by atoms with Crippen LogP contribution in [0.2, 0.25) is 0 Å². The van der Waals surface area contributed by atoms with E-state index in [9.17, 15) is 4.79 Å². The van der Waals surface area contributed by atoms with E-state index in [4.69, 9.17) is 10.5 Å². The lowest BCUT2D eigenvalue weighted by Gasteiger charge is -2.32. The number of carbonyl (C=O) groups is 1. The van der Waals surface area contributed by atoms with Gasteiger partial charge in [0.25, 0.3) is 0 Å². The normalized spacial score (nSPS) is 18.2. The highest BCUT2D eigenvalue weighted by Gasteiger charge is 2.17. The summed E-state index contributed by atoms with van der Waals surface area (Å²) in [6, 6.07) is 0.394. The molecule has 1 saturated heterocycles. The molecule has 0 aliphatic carbocycles. The van der Waals surface area contributed by atoms with Crippen molar-refractivity contribution in [1.29, 1.82) is 0 Å². The molecule has 1 aliphatic rings. The number of hydrogen-bond donors (Lipinski definition) is 2. The van der Waals surface area contributed by atoms with Crippen molar-refractivity contribution in [3.63, 3.8) is 0 Å². The molecule has 0 bridgehead atoms. The summed E-state index contributed by atoms with van der Waals surface area (Å²) in [7, 11) is 0. The van der Waals surface area contributed by atoms with Crippen LogP contribution in [0.3, 0.4) is 0 Å². The van der Waals surface area contributed by atoms with Crippen molar-refractivity contribution in [2.24, 2.45) is 5.73 Å². The Morgan fingerprint density at radius 1 is 1.26 bits per heavy atom. The highest BCUT2D eigenvalue weighted by molar-refractivity contribution is 5.75. The minimum atomic E-state index is 0.174. The minimum Gasteiger partial charge on any atom is -0.379 e. The summed E-state index contributed by atoms with van der Waals surface area (Å²) >= 11 is 0. The summed E-state index contributed by atoms with van der Waals surface area (Å²) in [5, 5.41) is 3.02. The number of nitrogens with one attached hydrogen (secondary N) is 1. The highest BCUT2D eigenvalue weighted by Crippen LogP contribution is 2.04. The number of morpholine rings is 1. The van der Waals surface area contributed by atoms with Gasteiger partial charge >= 0.3 is 0 Å². The molecule has 1 fully saturated rings. The van der Waals surface area contributed by atoms with Gasteiger partial charge in [0.2, 0.25) is 5.91 Å². The van der Waals surface area contributed by atoms with Crippen LogP contribution in [-0.4, -0.2) is 56.2 Å². The van der Waals surface area contributed by atoms with E-state index >= 15 is 0 Å². The number of ether oxygens (including phenoxy) is 1. The molecule has 5 heteroatoms. The molecule has 0 aromatic rings. The number of unbranched alkanes of at least 4 members (excludes halogenated alkanes) is 3. The number of hydrogen-bond acceptors (Lipinski definition) is 4. The molecule has 0 aromatic heterocycles. The molecule has 1 amide bonds. The fourth-order valence-corrected chi connectivity index (χ4v) is 2.28. The van der Waals surface area contributed by atoms with Gasteiger partial charge in [-0.2, -0.15) is 0 Å². The van der Waals surface area contributed by atoms with E-state index in [0.717, 1.165) is 65.1 Å². The van der Waals surface area contributed by atoms with E-state index in [1.165, 1.54) is 0 Å². The van der Waals surface area contributed by atoms with Gasteiger partial charge in [-0.1, -0.05) is 12.8 Å². The van der Waals surface area contributed by atoms with Crippen LogP contribution in [0.25, 0.3) is 0 Å². The molecule has 19 heavy (non-hydrogen) atoms. The second-order valence-electron chi connectivity index (χ2n) is 5.25. The van der Waals surface area contributed by atoms with Gasteiger partial charge in [-0.3, -0.25) is 9.69 Å². The van der Waals surface area contributed by atoms with Crippen LogP contribution in [0.15, 0.2) is 0 Å². The maximum absolute atomic E-state index is 11.7. The van der Waals surface area contributed by atoms with Crippen molar-refractivity contribution in [3.05, 3.63) is 0 Å². The average molecular weight is 271 g/mol. The van der Waals surface area contributed by atoms with E-state index in [1.54, 1.807) is 0 Å². The van der Waals surface area contributed by atoms with Gasteiger partial charge in [-0.25, -0.2) is 0 Å². The summed E-state index contributed by atoms with van der Waals surface area (Å²) < 4.78 is 5.32. The van der Waals surface area contributed by atoms with Crippen molar-refractivity contribution in [3.8, 4) is 0 Å². The summed E-state index contributed by atoms with van der Waals surface area (Å²) in [6.07, 6.45) is 4.91. The van der Waals surface area contributed by atoms with Gasteiger partial charge in [0, 0.05) is 32.1 Å². The topological polar surface area (TPSA) is 67.6 Å². The maximum Gasteiger partial charge on any atom is 0.220 e. The van der Waals surface area contributed by atoms with Gasteiger partial charge in [-0.05, 0) is 26.3 Å². The first-order valence-electron chi connectivity index (χ1n) is 7.52. The summed E-state index contributed by atoms with van der Waals surface area (Å²) in [5.74, 6) is 0.174. The largest absolute Gasteiger partial charge is 0.379 e. The molecule has 0 saturated carbocycles. The van der Waals surface area contributed by atoms with E-state index in [2.05, 4.69) is 17.1 Å². The van der Waals surface area contributed by atoms with Crippen LogP contribution in [0, 0.1) is 0 Å². The third-order valence-corrected chi connectivity index (χ3v) is 3.62. The molecule has 112 valence electrons. The monoisotopic (exact) mass is 271 g/mol. The predicted molar refractivity (Wildman–Crippen MR) is 77.0 cm³/mol. The SMILES string of the molecule is CC(CNC(=O)CCCCCCN)N1CCOCC1. The zero-order valence-corrected chi connectivity index (χ0v) is 12.2. The number of nitrogens with two attached hydrogens (primary N) is 1. The Hall–Kier alpha value is -0.650. The van der Waals surface area contributed by atoms with Crippen molar-refractivity contribution in [2.75, 3.05) is 39.4 Å². The molecule has 0 radical (unpaired) electrons. The molecule has 1 unspecified atom stereocenters. The lowest BCUT2D eigenvalue weighted by Crippen LogP contribution is -2.47. The first kappa shape index (κ1) is 16.4. The van der Waals surface area contributed by atoms with Gasteiger partial charge in [0.1, 0.15) is 0 Å². The lowest BCUT2D eigenvalue weighted by atomic mass is 10.1. The van der Waals surface area contributed by atoms with Crippen molar-refractivity contribution >= 4 is 5.91 Å². The molecular weight excluding hydrogens is 242 g/mol. The Morgan fingerprint density at radius 3 is 2.63 bits per heavy atom. The lowest BCUT2D eigenvalue weighted by molar-refractivity contribution is -0.121. The van der Waals surface area contributed by atoms with Gasteiger partial charge in [0.05, 0.1) is 13.2 Å². The molecule has 1 atom stereocenters. The van der Waals surface area contributed by atoms with E-state index in [1.807, 2.05) is 0 Å². The number of amides is 1. The fraction of sp³-hybridized carbons (Fsp3) is 0.929. The molecule has 1 heterocycles. The summed E-state index contributed by atoms with van der Waals surface area (Å²) in [6.45, 7) is 7.20. The quantitative estimate of drug-likeness (QED) is 0.607. The van der Waals surface area contributed by atoms with Crippen molar-refractivity contribution < 1.29 is 9.53 Å². The summed E-state index contributed by atoms with van der Waals surface area (Å²) in [4.78, 5) is 14.1. The van der Waals surface area contributed by atoms with Gasteiger partial charge < -0.3 is 15.8 Å². The predicted octanol–water partition coefficient (Wildman–Crippen LogP) is 0.733. The Morgan fingerprint density at radius 2 is 1.95 bits per heavy atom. The van der Waals surface area contributed by atoms with Gasteiger partial charge in [0.15, 0.2) is 0 Å². The molecule has 1 rings (SSSR count). The number of rotatable bonds is 9. The van der Waals surface area contributed by atoms with E-state index in [-0.39, 0.29) is 5.91 Å². The second kappa shape index (κ2) is 10.2. The van der Waals surface area contributed by atoms with Crippen LogP contribution in [0.4, 0.5) is 0 Å². The number of nitrogens with zero attached hydrogens (tertiary/aromatic N) is 1. The highest BCUT2D eigenvalue weighted by atomic mass is 16.5. The third kappa shape index (κ3) is 7.50. The smallest absolute Gasteiger partial charge is 0.220 e. The van der Waals surface area contributed by atoms with Crippen molar-refractivity contribution in [1.82, 2.24) is 10.2 Å². The maximum atomic E-state index is 11.7. The zero-order chi connectivity index (χ0) is 13.9. The molecule has 0 aromatic carbocycles. The summed E-state index contributed by atoms with van der Waals surface area (Å²) in [5.41, 5.74) is 5.43. The van der Waals surface area contributed by atoms with Crippen LogP contribution < -0.4 is 11.1 Å². The van der Waals surface area contributed by atoms with E-state index in [0.29, 0.717) is 12.5 Å². The van der Waals surface area contributed by atoms with Crippen molar-refractivity contribution in [2.45, 2.75) is 45.1 Å². The molecule has 3 N–H and O–H groups in total.